The van der Waals surface area contributed by atoms with Crippen molar-refractivity contribution in [3.8, 4) is 0 Å². The molecule has 0 unspecified atom stereocenters. The van der Waals surface area contributed by atoms with Crippen molar-refractivity contribution in [2.24, 2.45) is 34.5 Å². The third-order valence-corrected chi connectivity index (χ3v) is 11.1. The molecule has 1 aromatic heterocycles. The largest absolute Gasteiger partial charge is 0.418 e. The molecule has 0 radical (unpaired) electrons. The van der Waals surface area contributed by atoms with Crippen LogP contribution in [0, 0.1) is 34.5 Å². The number of para-hydroxylation sites is 1. The molecule has 4 bridgehead atoms. The zero-order chi connectivity index (χ0) is 27.7. The van der Waals surface area contributed by atoms with Crippen molar-refractivity contribution in [1.29, 1.82) is 0 Å². The molecule has 0 aliphatic heterocycles. The fourth-order valence-corrected chi connectivity index (χ4v) is 9.62. The summed E-state index contributed by atoms with van der Waals surface area (Å²) in [5.41, 5.74) is -0.214. The number of hydrogen-bond donors (Lipinski definition) is 2. The van der Waals surface area contributed by atoms with Crippen molar-refractivity contribution >= 4 is 33.8 Å². The van der Waals surface area contributed by atoms with Crippen LogP contribution in [0.3, 0.4) is 0 Å². The van der Waals surface area contributed by atoms with E-state index in [1.54, 1.807) is 0 Å². The maximum Gasteiger partial charge on any atom is 0.418 e. The van der Waals surface area contributed by atoms with E-state index in [0.29, 0.717) is 40.7 Å². The summed E-state index contributed by atoms with van der Waals surface area (Å²) >= 11 is 1.45. The predicted molar refractivity (Wildman–Crippen MR) is 148 cm³/mol. The van der Waals surface area contributed by atoms with Crippen LogP contribution in [-0.2, 0) is 23.8 Å². The van der Waals surface area contributed by atoms with Gasteiger partial charge in [0.2, 0.25) is 5.91 Å². The molecule has 2 aromatic rings. The molecular formula is C31H37F3N2O2S. The number of thiophene rings is 1. The second-order valence-electron chi connectivity index (χ2n) is 13.7. The number of carbonyl (C=O) groups excluding carboxylic acids is 2. The summed E-state index contributed by atoms with van der Waals surface area (Å²) in [5.74, 6) is 1.65. The molecule has 4 fully saturated rings. The Balaban J connectivity index is 1.34. The van der Waals surface area contributed by atoms with Crippen molar-refractivity contribution in [3.63, 3.8) is 0 Å². The zero-order valence-electron chi connectivity index (χ0n) is 22.8. The van der Waals surface area contributed by atoms with E-state index in [1.807, 2.05) is 0 Å². The first kappa shape index (κ1) is 26.9. The first-order valence-electron chi connectivity index (χ1n) is 14.3. The van der Waals surface area contributed by atoms with Gasteiger partial charge in [-0.25, -0.2) is 0 Å². The van der Waals surface area contributed by atoms with Crippen LogP contribution in [0.25, 0.3) is 0 Å². The topological polar surface area (TPSA) is 58.2 Å². The van der Waals surface area contributed by atoms with Crippen LogP contribution in [0.4, 0.5) is 23.9 Å². The third kappa shape index (κ3) is 4.91. The number of anilines is 2. The average Bonchev–Trinajstić information content (AvgIpc) is 3.19. The van der Waals surface area contributed by atoms with Crippen LogP contribution < -0.4 is 10.6 Å². The number of hydrogen-bond acceptors (Lipinski definition) is 3. The summed E-state index contributed by atoms with van der Waals surface area (Å²) in [4.78, 5) is 28.7. The van der Waals surface area contributed by atoms with Gasteiger partial charge in [-0.05, 0) is 105 Å². The molecule has 1 heterocycles. The van der Waals surface area contributed by atoms with Gasteiger partial charge < -0.3 is 10.6 Å². The number of benzene rings is 1. The standard InChI is InChI=1S/C31H37F3N2O2S/c1-29(2,3)20-8-9-21-24(13-20)39-27(25(21)26(37)35-23-7-5-4-6-22(23)31(32,33)34)36-28(38)30-14-17-10-18(15-30)12-19(11-17)16-30/h4-7,17-20H,8-16H2,1-3H3,(H,35,37)(H,36,38)/t17?,18?,19?,20-,30?/m1/s1. The Morgan fingerprint density at radius 3 is 2.15 bits per heavy atom. The van der Waals surface area contributed by atoms with Crippen molar-refractivity contribution in [2.75, 3.05) is 10.6 Å². The molecule has 5 aliphatic rings. The Labute approximate surface area is 232 Å². The van der Waals surface area contributed by atoms with E-state index in [0.717, 1.165) is 48.6 Å². The van der Waals surface area contributed by atoms with Gasteiger partial charge in [0.15, 0.2) is 0 Å². The maximum absolute atomic E-state index is 13.9. The van der Waals surface area contributed by atoms with E-state index in [9.17, 15) is 22.8 Å². The fourth-order valence-electron chi connectivity index (χ4n) is 8.30. The van der Waals surface area contributed by atoms with Gasteiger partial charge in [-0.1, -0.05) is 32.9 Å². The van der Waals surface area contributed by atoms with E-state index in [4.69, 9.17) is 0 Å². The smallest absolute Gasteiger partial charge is 0.321 e. The first-order valence-corrected chi connectivity index (χ1v) is 15.1. The SMILES string of the molecule is CC(C)(C)[C@@H]1CCc2c(sc(NC(=O)C34CC5CC(CC(C5)C3)C4)c2C(=O)Nc2ccccc2C(F)(F)F)C1. The van der Waals surface area contributed by atoms with Gasteiger partial charge in [0, 0.05) is 4.88 Å². The number of alkyl halides is 3. The molecule has 1 aromatic carbocycles. The lowest BCUT2D eigenvalue weighted by Gasteiger charge is -2.55. The highest BCUT2D eigenvalue weighted by atomic mass is 32.1. The van der Waals surface area contributed by atoms with Crippen LogP contribution in [0.15, 0.2) is 24.3 Å². The molecule has 0 spiro atoms. The molecule has 2 amide bonds. The van der Waals surface area contributed by atoms with E-state index >= 15 is 0 Å². The molecule has 0 saturated heterocycles. The minimum Gasteiger partial charge on any atom is -0.321 e. The molecule has 210 valence electrons. The van der Waals surface area contributed by atoms with E-state index < -0.39 is 17.6 Å². The zero-order valence-corrected chi connectivity index (χ0v) is 23.7. The van der Waals surface area contributed by atoms with Crippen molar-refractivity contribution in [1.82, 2.24) is 0 Å². The highest BCUT2D eigenvalue weighted by Gasteiger charge is 2.55. The molecule has 7 rings (SSSR count). The normalized spacial score (nSPS) is 29.7. The Hall–Kier alpha value is -2.35. The number of fused-ring (bicyclic) bond motifs is 1. The van der Waals surface area contributed by atoms with Gasteiger partial charge >= 0.3 is 6.18 Å². The predicted octanol–water partition coefficient (Wildman–Crippen LogP) is 8.33. The fraction of sp³-hybridized carbons (Fsp3) is 0.613. The van der Waals surface area contributed by atoms with E-state index in [-0.39, 0.29) is 22.4 Å². The van der Waals surface area contributed by atoms with Crippen LogP contribution >= 0.6 is 11.3 Å². The quantitative estimate of drug-likeness (QED) is 0.396. The number of amides is 2. The minimum absolute atomic E-state index is 0.00249. The second kappa shape index (κ2) is 9.35. The molecular weight excluding hydrogens is 521 g/mol. The lowest BCUT2D eigenvalue weighted by Crippen LogP contribution is -2.51. The summed E-state index contributed by atoms with van der Waals surface area (Å²) in [6.07, 6.45) is 4.16. The average molecular weight is 559 g/mol. The number of rotatable bonds is 4. The Morgan fingerprint density at radius 2 is 1.56 bits per heavy atom. The highest BCUT2D eigenvalue weighted by molar-refractivity contribution is 7.17. The number of carbonyl (C=O) groups is 2. The lowest BCUT2D eigenvalue weighted by molar-refractivity contribution is -0.140. The van der Waals surface area contributed by atoms with Crippen LogP contribution in [0.5, 0.6) is 0 Å². The van der Waals surface area contributed by atoms with Gasteiger partial charge in [-0.3, -0.25) is 9.59 Å². The molecule has 4 saturated carbocycles. The lowest BCUT2D eigenvalue weighted by atomic mass is 9.49. The maximum atomic E-state index is 13.9. The highest BCUT2D eigenvalue weighted by Crippen LogP contribution is 2.60. The van der Waals surface area contributed by atoms with Gasteiger partial charge in [0.25, 0.3) is 5.91 Å². The monoisotopic (exact) mass is 558 g/mol. The summed E-state index contributed by atoms with van der Waals surface area (Å²) < 4.78 is 41.0. The summed E-state index contributed by atoms with van der Waals surface area (Å²) in [7, 11) is 0. The summed E-state index contributed by atoms with van der Waals surface area (Å²) in [6.45, 7) is 6.65. The Bertz CT molecular complexity index is 1270. The molecule has 8 heteroatoms. The van der Waals surface area contributed by atoms with Gasteiger partial charge in [-0.2, -0.15) is 13.2 Å². The van der Waals surface area contributed by atoms with Crippen LogP contribution in [0.1, 0.15) is 92.1 Å². The molecule has 5 aliphatic carbocycles. The third-order valence-electron chi connectivity index (χ3n) is 9.94. The molecule has 4 nitrogen and oxygen atoms in total. The first-order chi connectivity index (χ1) is 18.3. The summed E-state index contributed by atoms with van der Waals surface area (Å²) in [6, 6.07) is 5.05. The van der Waals surface area contributed by atoms with Crippen LogP contribution in [-0.4, -0.2) is 11.8 Å². The minimum atomic E-state index is -4.59. The second-order valence-corrected chi connectivity index (χ2v) is 14.8. The van der Waals surface area contributed by atoms with E-state index in [1.165, 1.54) is 48.8 Å². The Kier molecular flexibility index (Phi) is 6.44. The molecule has 1 atom stereocenters. The molecule has 39 heavy (non-hydrogen) atoms. The van der Waals surface area contributed by atoms with Gasteiger partial charge in [0.05, 0.1) is 22.2 Å². The van der Waals surface area contributed by atoms with Crippen molar-refractivity contribution in [3.05, 3.63) is 45.8 Å². The number of halogens is 3. The van der Waals surface area contributed by atoms with Crippen LogP contribution in [0.2, 0.25) is 0 Å². The number of nitrogens with one attached hydrogen (secondary N) is 2. The van der Waals surface area contributed by atoms with Crippen molar-refractivity contribution in [2.45, 2.75) is 84.7 Å². The Morgan fingerprint density at radius 1 is 0.949 bits per heavy atom. The van der Waals surface area contributed by atoms with E-state index in [2.05, 4.69) is 31.4 Å². The molecule has 2 N–H and O–H groups in total. The van der Waals surface area contributed by atoms with Gasteiger partial charge in [-0.15, -0.1) is 11.3 Å². The van der Waals surface area contributed by atoms with Crippen molar-refractivity contribution < 1.29 is 22.8 Å². The summed E-state index contributed by atoms with van der Waals surface area (Å²) in [5, 5.41) is 6.24. The van der Waals surface area contributed by atoms with Gasteiger partial charge in [0.1, 0.15) is 5.00 Å².